The summed E-state index contributed by atoms with van der Waals surface area (Å²) in [5.41, 5.74) is 9.11. The molecule has 1 N–H and O–H groups in total. The van der Waals surface area contributed by atoms with Crippen molar-refractivity contribution < 1.29 is 0 Å². The lowest BCUT2D eigenvalue weighted by Crippen LogP contribution is -1.93. The first-order chi connectivity index (χ1) is 14.7. The van der Waals surface area contributed by atoms with Crippen LogP contribution in [0.25, 0.3) is 27.8 Å². The molecule has 0 aliphatic carbocycles. The summed E-state index contributed by atoms with van der Waals surface area (Å²) in [6, 6.07) is 36.0. The highest BCUT2D eigenvalue weighted by Gasteiger charge is 2.06. The lowest BCUT2D eigenvalue weighted by molar-refractivity contribution is 1.53. The molecule has 1 heteroatoms. The molecule has 0 fully saturated rings. The molecule has 4 aromatic carbocycles. The van der Waals surface area contributed by atoms with Gasteiger partial charge in [-0.05, 0) is 59.0 Å². The van der Waals surface area contributed by atoms with E-state index >= 15 is 0 Å². The van der Waals surface area contributed by atoms with Crippen molar-refractivity contribution in [3.8, 4) is 22.3 Å². The Morgan fingerprint density at radius 1 is 0.700 bits per heavy atom. The third-order valence-corrected chi connectivity index (χ3v) is 5.11. The number of nitrogens with one attached hydrogen (secondary N) is 1. The first kappa shape index (κ1) is 19.5. The third kappa shape index (κ3) is 4.42. The maximum absolute atomic E-state index is 4.15. The van der Waals surface area contributed by atoms with Gasteiger partial charge in [0, 0.05) is 16.9 Å². The zero-order valence-corrected chi connectivity index (χ0v) is 17.2. The zero-order chi connectivity index (χ0) is 20.8. The van der Waals surface area contributed by atoms with E-state index in [4.69, 9.17) is 0 Å². The van der Waals surface area contributed by atoms with Crippen LogP contribution in [0.5, 0.6) is 0 Å². The van der Waals surface area contributed by atoms with Gasteiger partial charge in [0.25, 0.3) is 0 Å². The van der Waals surface area contributed by atoms with Gasteiger partial charge >= 0.3 is 0 Å². The molecular formula is C29H25N. The maximum Gasteiger partial charge on any atom is 0.0463 e. The molecule has 0 radical (unpaired) electrons. The van der Waals surface area contributed by atoms with E-state index in [-0.39, 0.29) is 0 Å². The molecule has 146 valence electrons. The molecular weight excluding hydrogens is 362 g/mol. The Morgan fingerprint density at radius 3 is 2.17 bits per heavy atom. The van der Waals surface area contributed by atoms with E-state index in [1.807, 2.05) is 37.3 Å². The molecule has 0 saturated carbocycles. The number of para-hydroxylation sites is 2. The smallest absolute Gasteiger partial charge is 0.0463 e. The quantitative estimate of drug-likeness (QED) is 0.328. The Labute approximate surface area is 179 Å². The summed E-state index contributed by atoms with van der Waals surface area (Å²) in [5, 5.41) is 3.53. The summed E-state index contributed by atoms with van der Waals surface area (Å²) in [4.78, 5) is 0. The first-order valence-corrected chi connectivity index (χ1v) is 10.2. The fourth-order valence-electron chi connectivity index (χ4n) is 3.56. The molecule has 0 aromatic heterocycles. The van der Waals surface area contributed by atoms with Crippen molar-refractivity contribution in [3.05, 3.63) is 127 Å². The zero-order valence-electron chi connectivity index (χ0n) is 17.2. The topological polar surface area (TPSA) is 12.0 Å². The normalized spacial score (nSPS) is 10.8. The molecule has 0 saturated heterocycles. The summed E-state index contributed by atoms with van der Waals surface area (Å²) < 4.78 is 0. The third-order valence-electron chi connectivity index (χ3n) is 5.11. The summed E-state index contributed by atoms with van der Waals surface area (Å²) in [6.45, 7) is 6.17. The Balaban J connectivity index is 1.62. The van der Waals surface area contributed by atoms with Gasteiger partial charge in [-0.3, -0.25) is 0 Å². The van der Waals surface area contributed by atoms with E-state index in [2.05, 4.69) is 96.8 Å². The maximum atomic E-state index is 4.15. The lowest BCUT2D eigenvalue weighted by atomic mass is 9.97. The van der Waals surface area contributed by atoms with Gasteiger partial charge in [0.1, 0.15) is 0 Å². The van der Waals surface area contributed by atoms with Crippen LogP contribution < -0.4 is 5.32 Å². The molecule has 0 aliphatic heterocycles. The fourth-order valence-corrected chi connectivity index (χ4v) is 3.56. The van der Waals surface area contributed by atoms with Gasteiger partial charge in [0.05, 0.1) is 0 Å². The van der Waals surface area contributed by atoms with E-state index in [1.165, 1.54) is 22.3 Å². The molecule has 0 aliphatic rings. The van der Waals surface area contributed by atoms with Gasteiger partial charge in [0.2, 0.25) is 0 Å². The number of anilines is 2. The van der Waals surface area contributed by atoms with Crippen molar-refractivity contribution in [2.45, 2.75) is 6.92 Å². The van der Waals surface area contributed by atoms with Gasteiger partial charge in [-0.25, -0.2) is 0 Å². The Hall–Kier alpha value is -3.84. The molecule has 4 rings (SSSR count). The van der Waals surface area contributed by atoms with Crippen molar-refractivity contribution >= 4 is 16.9 Å². The molecule has 0 bridgehead atoms. The molecule has 4 aromatic rings. The molecule has 0 heterocycles. The molecule has 0 atom stereocenters. The molecule has 0 spiro atoms. The molecule has 0 amide bonds. The second-order valence-corrected chi connectivity index (χ2v) is 7.22. The van der Waals surface area contributed by atoms with Crippen molar-refractivity contribution in [3.63, 3.8) is 0 Å². The van der Waals surface area contributed by atoms with Crippen LogP contribution >= 0.6 is 0 Å². The summed E-state index contributed by atoms with van der Waals surface area (Å²) in [7, 11) is 0. The van der Waals surface area contributed by atoms with Crippen LogP contribution in [0.1, 0.15) is 12.5 Å². The number of hydrogen-bond acceptors (Lipinski definition) is 1. The van der Waals surface area contributed by atoms with Crippen LogP contribution in [0.2, 0.25) is 0 Å². The van der Waals surface area contributed by atoms with Gasteiger partial charge in [-0.15, -0.1) is 0 Å². The average molecular weight is 388 g/mol. The second-order valence-electron chi connectivity index (χ2n) is 7.22. The van der Waals surface area contributed by atoms with Crippen LogP contribution in [-0.2, 0) is 0 Å². The highest BCUT2D eigenvalue weighted by Crippen LogP contribution is 2.32. The van der Waals surface area contributed by atoms with E-state index in [1.54, 1.807) is 0 Å². The van der Waals surface area contributed by atoms with Gasteiger partial charge in [-0.2, -0.15) is 0 Å². The Kier molecular flexibility index (Phi) is 5.91. The minimum Gasteiger partial charge on any atom is -0.355 e. The summed E-state index contributed by atoms with van der Waals surface area (Å²) in [6.07, 6.45) is 4.06. The lowest BCUT2D eigenvalue weighted by Gasteiger charge is -2.13. The monoisotopic (exact) mass is 387 g/mol. The number of allylic oxidation sites excluding steroid dienone is 3. The van der Waals surface area contributed by atoms with Crippen molar-refractivity contribution in [2.75, 3.05) is 5.32 Å². The van der Waals surface area contributed by atoms with E-state index in [0.717, 1.165) is 22.5 Å². The molecule has 0 unspecified atom stereocenters. The van der Waals surface area contributed by atoms with E-state index < -0.39 is 0 Å². The Bertz CT molecular complexity index is 1170. The van der Waals surface area contributed by atoms with Gasteiger partial charge < -0.3 is 5.32 Å². The predicted octanol–water partition coefficient (Wildman–Crippen LogP) is 8.35. The van der Waals surface area contributed by atoms with Crippen LogP contribution in [0.3, 0.4) is 0 Å². The number of benzene rings is 4. The minimum atomic E-state index is 1.02. The van der Waals surface area contributed by atoms with Crippen LogP contribution in [0.4, 0.5) is 11.4 Å². The second kappa shape index (κ2) is 9.11. The number of hydrogen-bond donors (Lipinski definition) is 1. The minimum absolute atomic E-state index is 1.02. The van der Waals surface area contributed by atoms with Crippen LogP contribution in [-0.4, -0.2) is 0 Å². The highest BCUT2D eigenvalue weighted by atomic mass is 14.9. The SMILES string of the molecule is C=C(/C=C\C)c1cccc(-c2ccc(-c3ccccc3Nc3ccccc3)cc2)c1. The largest absolute Gasteiger partial charge is 0.355 e. The standard InChI is InChI=1S/C29H25N/c1-3-10-22(2)25-11-9-12-26(21-25)23-17-19-24(20-18-23)28-15-7-8-16-29(28)30-27-13-5-4-6-14-27/h3-21,30H,2H2,1H3/b10-3-. The van der Waals surface area contributed by atoms with Crippen LogP contribution in [0.15, 0.2) is 122 Å². The average Bonchev–Trinajstić information content (AvgIpc) is 2.81. The summed E-state index contributed by atoms with van der Waals surface area (Å²) >= 11 is 0. The fraction of sp³-hybridized carbons (Fsp3) is 0.0345. The van der Waals surface area contributed by atoms with Gasteiger partial charge in [0.15, 0.2) is 0 Å². The van der Waals surface area contributed by atoms with Crippen molar-refractivity contribution in [1.29, 1.82) is 0 Å². The predicted molar refractivity (Wildman–Crippen MR) is 131 cm³/mol. The Morgan fingerprint density at radius 2 is 1.40 bits per heavy atom. The van der Waals surface area contributed by atoms with Crippen molar-refractivity contribution in [1.82, 2.24) is 0 Å². The molecule has 30 heavy (non-hydrogen) atoms. The van der Waals surface area contributed by atoms with Gasteiger partial charge in [-0.1, -0.05) is 97.6 Å². The van der Waals surface area contributed by atoms with E-state index in [9.17, 15) is 0 Å². The molecule has 1 nitrogen and oxygen atoms in total. The summed E-state index contributed by atoms with van der Waals surface area (Å²) in [5.74, 6) is 0. The first-order valence-electron chi connectivity index (χ1n) is 10.2. The van der Waals surface area contributed by atoms with Crippen LogP contribution in [0, 0.1) is 0 Å². The van der Waals surface area contributed by atoms with E-state index in [0.29, 0.717) is 0 Å². The number of rotatable bonds is 6. The highest BCUT2D eigenvalue weighted by molar-refractivity contribution is 5.82. The van der Waals surface area contributed by atoms with Crippen molar-refractivity contribution in [2.24, 2.45) is 0 Å².